The first kappa shape index (κ1) is 6.59. The van der Waals surface area contributed by atoms with E-state index in [9.17, 15) is 4.79 Å². The molecule has 0 aromatic heterocycles. The van der Waals surface area contributed by atoms with Crippen LogP contribution in [-0.4, -0.2) is 11.9 Å². The van der Waals surface area contributed by atoms with E-state index >= 15 is 0 Å². The van der Waals surface area contributed by atoms with Crippen LogP contribution in [-0.2, 0) is 4.79 Å². The van der Waals surface area contributed by atoms with E-state index in [2.05, 4.69) is 12.2 Å². The summed E-state index contributed by atoms with van der Waals surface area (Å²) in [6.07, 6.45) is 2.59. The zero-order valence-electron chi connectivity index (χ0n) is 5.98. The Morgan fingerprint density at radius 1 is 1.67 bits per heavy atom. The van der Waals surface area contributed by atoms with Crippen LogP contribution >= 0.6 is 0 Å². The molecule has 1 unspecified atom stereocenters. The minimum Gasteiger partial charge on any atom is -0.354 e. The summed E-state index contributed by atoms with van der Waals surface area (Å²) in [4.78, 5) is 10.5. The second-order valence-corrected chi connectivity index (χ2v) is 2.83. The van der Waals surface area contributed by atoms with Gasteiger partial charge in [0.1, 0.15) is 0 Å². The van der Waals surface area contributed by atoms with Crippen molar-refractivity contribution in [3.63, 3.8) is 0 Å². The largest absolute Gasteiger partial charge is 0.354 e. The zero-order valence-corrected chi connectivity index (χ0v) is 5.98. The van der Waals surface area contributed by atoms with E-state index in [1.807, 2.05) is 0 Å². The smallest absolute Gasteiger partial charge is 0.217 e. The fourth-order valence-electron chi connectivity index (χ4n) is 1.03. The summed E-state index contributed by atoms with van der Waals surface area (Å²) in [7, 11) is 0. The Bertz CT molecular complexity index is 118. The lowest BCUT2D eigenvalue weighted by Crippen LogP contribution is -2.31. The molecule has 1 aliphatic rings. The average Bonchev–Trinajstić information content (AvgIpc) is 2.40. The first-order valence-electron chi connectivity index (χ1n) is 3.47. The standard InChI is InChI=1S/C7H13NO/c1-5(7-3-4-7)8-6(2)9/h5,7H,3-4H2,1-2H3,(H,8,9). The Kier molecular flexibility index (Phi) is 1.74. The molecule has 0 aromatic carbocycles. The molecule has 0 radical (unpaired) electrons. The molecule has 52 valence electrons. The minimum atomic E-state index is 0.0920. The summed E-state index contributed by atoms with van der Waals surface area (Å²) in [5.74, 6) is 0.864. The van der Waals surface area contributed by atoms with Gasteiger partial charge in [0.15, 0.2) is 0 Å². The second-order valence-electron chi connectivity index (χ2n) is 2.83. The molecule has 0 heterocycles. The van der Waals surface area contributed by atoms with Crippen LogP contribution in [0.2, 0.25) is 0 Å². The van der Waals surface area contributed by atoms with Gasteiger partial charge < -0.3 is 5.32 Å². The van der Waals surface area contributed by atoms with Crippen LogP contribution in [0.1, 0.15) is 26.7 Å². The molecule has 1 amide bonds. The fraction of sp³-hybridized carbons (Fsp3) is 0.857. The Morgan fingerprint density at radius 2 is 2.22 bits per heavy atom. The van der Waals surface area contributed by atoms with Gasteiger partial charge in [0.25, 0.3) is 0 Å². The van der Waals surface area contributed by atoms with Gasteiger partial charge in [-0.25, -0.2) is 0 Å². The lowest BCUT2D eigenvalue weighted by molar-refractivity contribution is -0.119. The quantitative estimate of drug-likeness (QED) is 0.587. The van der Waals surface area contributed by atoms with Crippen molar-refractivity contribution in [3.8, 4) is 0 Å². The SMILES string of the molecule is CC(=O)NC(C)C1CC1. The molecule has 2 nitrogen and oxygen atoms in total. The highest BCUT2D eigenvalue weighted by Crippen LogP contribution is 2.32. The summed E-state index contributed by atoms with van der Waals surface area (Å²) in [6.45, 7) is 3.64. The van der Waals surface area contributed by atoms with Crippen molar-refractivity contribution >= 4 is 5.91 Å². The zero-order chi connectivity index (χ0) is 6.85. The van der Waals surface area contributed by atoms with Gasteiger partial charge in [-0.15, -0.1) is 0 Å². The van der Waals surface area contributed by atoms with E-state index in [1.54, 1.807) is 6.92 Å². The van der Waals surface area contributed by atoms with Crippen LogP contribution in [0.5, 0.6) is 0 Å². The summed E-state index contributed by atoms with van der Waals surface area (Å²) >= 11 is 0. The highest BCUT2D eigenvalue weighted by molar-refractivity contribution is 5.73. The predicted octanol–water partition coefficient (Wildman–Crippen LogP) is 0.921. The van der Waals surface area contributed by atoms with Crippen LogP contribution in [0.25, 0.3) is 0 Å². The third-order valence-electron chi connectivity index (χ3n) is 1.76. The van der Waals surface area contributed by atoms with Gasteiger partial charge in [-0.3, -0.25) is 4.79 Å². The normalized spacial score (nSPS) is 21.1. The third kappa shape index (κ3) is 2.04. The van der Waals surface area contributed by atoms with Crippen molar-refractivity contribution in [2.75, 3.05) is 0 Å². The highest BCUT2D eigenvalue weighted by Gasteiger charge is 2.27. The van der Waals surface area contributed by atoms with Crippen molar-refractivity contribution < 1.29 is 4.79 Å². The molecule has 0 saturated heterocycles. The average molecular weight is 127 g/mol. The molecule has 0 aromatic rings. The fourth-order valence-corrected chi connectivity index (χ4v) is 1.03. The molecular formula is C7H13NO. The topological polar surface area (TPSA) is 29.1 Å². The molecule has 0 aliphatic heterocycles. The number of nitrogens with one attached hydrogen (secondary N) is 1. The van der Waals surface area contributed by atoms with Crippen molar-refractivity contribution in [2.45, 2.75) is 32.7 Å². The van der Waals surface area contributed by atoms with Crippen LogP contribution in [0, 0.1) is 5.92 Å². The van der Waals surface area contributed by atoms with E-state index in [0.29, 0.717) is 6.04 Å². The summed E-state index contributed by atoms with van der Waals surface area (Å²) < 4.78 is 0. The third-order valence-corrected chi connectivity index (χ3v) is 1.76. The maximum absolute atomic E-state index is 10.5. The maximum Gasteiger partial charge on any atom is 0.217 e. The second kappa shape index (κ2) is 2.38. The molecule has 9 heavy (non-hydrogen) atoms. The number of carbonyl (C=O) groups is 1. The van der Waals surface area contributed by atoms with Gasteiger partial charge in [-0.05, 0) is 25.7 Å². The number of rotatable bonds is 2. The van der Waals surface area contributed by atoms with Crippen molar-refractivity contribution in [3.05, 3.63) is 0 Å². The molecule has 0 spiro atoms. The Morgan fingerprint density at radius 3 is 2.56 bits per heavy atom. The number of amides is 1. The van der Waals surface area contributed by atoms with Gasteiger partial charge in [0.05, 0.1) is 0 Å². The van der Waals surface area contributed by atoms with Gasteiger partial charge >= 0.3 is 0 Å². The van der Waals surface area contributed by atoms with Crippen LogP contribution in [0.3, 0.4) is 0 Å². The Labute approximate surface area is 55.6 Å². The van der Waals surface area contributed by atoms with Gasteiger partial charge in [0, 0.05) is 13.0 Å². The summed E-state index contributed by atoms with van der Waals surface area (Å²) in [5, 5.41) is 2.87. The highest BCUT2D eigenvalue weighted by atomic mass is 16.1. The molecule has 1 saturated carbocycles. The number of hydrogen-bond acceptors (Lipinski definition) is 1. The van der Waals surface area contributed by atoms with Gasteiger partial charge in [0.2, 0.25) is 5.91 Å². The molecule has 1 atom stereocenters. The number of hydrogen-bond donors (Lipinski definition) is 1. The van der Waals surface area contributed by atoms with Crippen molar-refractivity contribution in [2.24, 2.45) is 5.92 Å². The van der Waals surface area contributed by atoms with E-state index in [-0.39, 0.29) is 5.91 Å². The molecule has 1 N–H and O–H groups in total. The molecule has 1 aliphatic carbocycles. The first-order valence-corrected chi connectivity index (χ1v) is 3.47. The summed E-state index contributed by atoms with van der Waals surface area (Å²) in [6, 6.07) is 0.405. The Hall–Kier alpha value is -0.530. The maximum atomic E-state index is 10.5. The molecule has 1 fully saturated rings. The molecule has 0 bridgehead atoms. The lowest BCUT2D eigenvalue weighted by atomic mass is 10.2. The monoisotopic (exact) mass is 127 g/mol. The number of carbonyl (C=O) groups excluding carboxylic acids is 1. The summed E-state index contributed by atoms with van der Waals surface area (Å²) in [5.41, 5.74) is 0. The van der Waals surface area contributed by atoms with E-state index in [0.717, 1.165) is 5.92 Å². The van der Waals surface area contributed by atoms with E-state index < -0.39 is 0 Å². The molecule has 2 heteroatoms. The van der Waals surface area contributed by atoms with Crippen LogP contribution in [0.4, 0.5) is 0 Å². The van der Waals surface area contributed by atoms with Crippen LogP contribution in [0.15, 0.2) is 0 Å². The first-order chi connectivity index (χ1) is 4.20. The molecule has 1 rings (SSSR count). The Balaban J connectivity index is 2.17. The van der Waals surface area contributed by atoms with Crippen molar-refractivity contribution in [1.82, 2.24) is 5.32 Å². The van der Waals surface area contributed by atoms with Gasteiger partial charge in [-0.1, -0.05) is 0 Å². The lowest BCUT2D eigenvalue weighted by Gasteiger charge is -2.09. The van der Waals surface area contributed by atoms with E-state index in [4.69, 9.17) is 0 Å². The minimum absolute atomic E-state index is 0.0920. The predicted molar refractivity (Wildman–Crippen MR) is 36.0 cm³/mol. The molecular weight excluding hydrogens is 114 g/mol. The van der Waals surface area contributed by atoms with Crippen molar-refractivity contribution in [1.29, 1.82) is 0 Å². The van der Waals surface area contributed by atoms with E-state index in [1.165, 1.54) is 12.8 Å². The van der Waals surface area contributed by atoms with Crippen LogP contribution < -0.4 is 5.32 Å². The van der Waals surface area contributed by atoms with Gasteiger partial charge in [-0.2, -0.15) is 0 Å².